The van der Waals surface area contributed by atoms with Crippen molar-refractivity contribution in [2.75, 3.05) is 37.7 Å². The number of fused-ring (bicyclic) bond motifs is 2. The summed E-state index contributed by atoms with van der Waals surface area (Å²) in [5.41, 5.74) is 6.69. The van der Waals surface area contributed by atoms with E-state index in [9.17, 15) is 0 Å². The minimum Gasteiger partial charge on any atom is -0.378 e. The molecule has 6 heteroatoms. The number of ether oxygens (including phenoxy) is 1. The van der Waals surface area contributed by atoms with Crippen LogP contribution >= 0.6 is 0 Å². The van der Waals surface area contributed by atoms with E-state index in [0.29, 0.717) is 0 Å². The first kappa shape index (κ1) is 16.7. The summed E-state index contributed by atoms with van der Waals surface area (Å²) in [5.74, 6) is 0. The highest BCUT2D eigenvalue weighted by Gasteiger charge is 2.16. The molecule has 4 heterocycles. The van der Waals surface area contributed by atoms with Gasteiger partial charge in [0.25, 0.3) is 0 Å². The van der Waals surface area contributed by atoms with E-state index in [1.807, 2.05) is 0 Å². The van der Waals surface area contributed by atoms with E-state index < -0.39 is 0 Å². The Morgan fingerprint density at radius 2 is 1.93 bits per heavy atom. The quantitative estimate of drug-likeness (QED) is 0.759. The summed E-state index contributed by atoms with van der Waals surface area (Å²) in [6.45, 7) is 8.56. The second-order valence-electron chi connectivity index (χ2n) is 7.40. The Balaban J connectivity index is 1.51. The summed E-state index contributed by atoms with van der Waals surface area (Å²) in [7, 11) is 0. The number of aromatic nitrogens is 3. The monoisotopic (exact) mass is 363 g/mol. The van der Waals surface area contributed by atoms with Crippen LogP contribution in [-0.2, 0) is 17.8 Å². The predicted molar refractivity (Wildman–Crippen MR) is 107 cm³/mol. The fourth-order valence-electron chi connectivity index (χ4n) is 4.02. The first-order valence-corrected chi connectivity index (χ1v) is 9.80. The molecule has 0 unspecified atom stereocenters. The van der Waals surface area contributed by atoms with Gasteiger partial charge in [-0.15, -0.1) is 0 Å². The minimum atomic E-state index is 0.800. The maximum Gasteiger partial charge on any atom is 0.111 e. The summed E-state index contributed by atoms with van der Waals surface area (Å²) in [6.07, 6.45) is 1.11. The van der Waals surface area contributed by atoms with Gasteiger partial charge in [-0.25, -0.2) is 4.98 Å². The van der Waals surface area contributed by atoms with Gasteiger partial charge in [-0.3, -0.25) is 4.68 Å². The highest BCUT2D eigenvalue weighted by atomic mass is 16.5. The highest BCUT2D eigenvalue weighted by molar-refractivity contribution is 5.87. The zero-order valence-electron chi connectivity index (χ0n) is 15.7. The highest BCUT2D eigenvalue weighted by Crippen LogP contribution is 2.28. The van der Waals surface area contributed by atoms with Gasteiger partial charge in [0.2, 0.25) is 0 Å². The van der Waals surface area contributed by atoms with Crippen LogP contribution in [0.5, 0.6) is 0 Å². The van der Waals surface area contributed by atoms with Crippen LogP contribution < -0.4 is 10.2 Å². The van der Waals surface area contributed by atoms with Gasteiger partial charge in [0.1, 0.15) is 5.69 Å². The molecule has 1 saturated heterocycles. The van der Waals surface area contributed by atoms with Crippen LogP contribution in [0.3, 0.4) is 0 Å². The van der Waals surface area contributed by atoms with Crippen molar-refractivity contribution in [3.8, 4) is 11.4 Å². The van der Waals surface area contributed by atoms with Crippen LogP contribution in [0, 0.1) is 6.92 Å². The molecule has 0 amide bonds. The molecule has 3 aromatic rings. The molecule has 2 aliphatic heterocycles. The third kappa shape index (κ3) is 3.19. The zero-order chi connectivity index (χ0) is 18.2. The average molecular weight is 363 g/mol. The number of nitrogens with one attached hydrogen (secondary N) is 1. The Kier molecular flexibility index (Phi) is 4.30. The van der Waals surface area contributed by atoms with E-state index in [1.165, 1.54) is 22.3 Å². The Morgan fingerprint density at radius 1 is 1.04 bits per heavy atom. The number of pyridine rings is 1. The lowest BCUT2D eigenvalue weighted by Crippen LogP contribution is -2.36. The van der Waals surface area contributed by atoms with Crippen LogP contribution in [0.25, 0.3) is 22.3 Å². The fraction of sp³-hybridized carbons (Fsp3) is 0.429. The zero-order valence-corrected chi connectivity index (χ0v) is 15.7. The second kappa shape index (κ2) is 6.94. The molecule has 1 fully saturated rings. The Labute approximate surface area is 159 Å². The van der Waals surface area contributed by atoms with Crippen molar-refractivity contribution < 1.29 is 4.74 Å². The lowest BCUT2D eigenvalue weighted by Gasteiger charge is -2.29. The van der Waals surface area contributed by atoms with Crippen molar-refractivity contribution in [3.05, 3.63) is 41.6 Å². The molecule has 6 nitrogen and oxygen atoms in total. The smallest absolute Gasteiger partial charge is 0.111 e. The predicted octanol–water partition coefficient (Wildman–Crippen LogP) is 2.74. The third-order valence-electron chi connectivity index (χ3n) is 5.53. The molecule has 0 spiro atoms. The van der Waals surface area contributed by atoms with Crippen LogP contribution in [0.1, 0.15) is 17.7 Å². The van der Waals surface area contributed by atoms with E-state index >= 15 is 0 Å². The molecule has 2 aliphatic rings. The molecular formula is C21H25N5O. The Hall–Kier alpha value is -2.44. The molecular weight excluding hydrogens is 338 g/mol. The minimum absolute atomic E-state index is 0.800. The Morgan fingerprint density at radius 3 is 2.81 bits per heavy atom. The number of morpholine rings is 1. The van der Waals surface area contributed by atoms with Crippen LogP contribution in [0.15, 0.2) is 30.3 Å². The average Bonchev–Trinajstić information content (AvgIpc) is 2.99. The number of hydrogen-bond acceptors (Lipinski definition) is 5. The van der Waals surface area contributed by atoms with Crippen LogP contribution in [0.2, 0.25) is 0 Å². The fourth-order valence-corrected chi connectivity index (χ4v) is 4.02. The maximum absolute atomic E-state index is 5.47. The van der Waals surface area contributed by atoms with Gasteiger partial charge in [0.15, 0.2) is 0 Å². The van der Waals surface area contributed by atoms with Crippen LogP contribution in [-0.4, -0.2) is 47.6 Å². The number of anilines is 1. The van der Waals surface area contributed by atoms with Gasteiger partial charge < -0.3 is 15.0 Å². The lowest BCUT2D eigenvalue weighted by molar-refractivity contribution is 0.122. The maximum atomic E-state index is 5.47. The standard InChI is InChI=1S/C21H25N5O/c1-15-11-20(21-13-17-14-22-5-2-6-26(17)24-21)23-19-4-3-16(12-18(15)19)25-7-9-27-10-8-25/h3-4,11-13,22H,2,5-10,14H2,1H3. The van der Waals surface area contributed by atoms with Gasteiger partial charge in [0, 0.05) is 37.3 Å². The topological polar surface area (TPSA) is 55.2 Å². The molecule has 0 radical (unpaired) electrons. The summed E-state index contributed by atoms with van der Waals surface area (Å²) >= 11 is 0. The van der Waals surface area contributed by atoms with Crippen molar-refractivity contribution >= 4 is 16.6 Å². The normalized spacial score (nSPS) is 17.7. The molecule has 2 aromatic heterocycles. The lowest BCUT2D eigenvalue weighted by atomic mass is 10.1. The van der Waals surface area contributed by atoms with E-state index in [2.05, 4.69) is 52.2 Å². The summed E-state index contributed by atoms with van der Waals surface area (Å²) in [4.78, 5) is 7.30. The van der Waals surface area contributed by atoms with Gasteiger partial charge in [0.05, 0.1) is 30.1 Å². The first-order valence-electron chi connectivity index (χ1n) is 9.80. The van der Waals surface area contributed by atoms with Crippen molar-refractivity contribution in [3.63, 3.8) is 0 Å². The molecule has 27 heavy (non-hydrogen) atoms. The SMILES string of the molecule is Cc1cc(-c2cc3n(n2)CCCNC3)nc2ccc(N3CCOCC3)cc12. The van der Waals surface area contributed by atoms with E-state index in [0.717, 1.165) is 69.3 Å². The van der Waals surface area contributed by atoms with Crippen molar-refractivity contribution in [1.82, 2.24) is 20.1 Å². The van der Waals surface area contributed by atoms with Gasteiger partial charge in [-0.1, -0.05) is 0 Å². The number of benzene rings is 1. The molecule has 0 bridgehead atoms. The van der Waals surface area contributed by atoms with E-state index in [1.54, 1.807) is 0 Å². The van der Waals surface area contributed by atoms with Crippen molar-refractivity contribution in [1.29, 1.82) is 0 Å². The Bertz CT molecular complexity index is 951. The largest absolute Gasteiger partial charge is 0.378 e. The van der Waals surface area contributed by atoms with Gasteiger partial charge in [-0.05, 0) is 55.8 Å². The third-order valence-corrected chi connectivity index (χ3v) is 5.53. The molecule has 0 saturated carbocycles. The van der Waals surface area contributed by atoms with Gasteiger partial charge in [-0.2, -0.15) is 5.10 Å². The molecule has 5 rings (SSSR count). The molecule has 0 atom stereocenters. The molecule has 140 valence electrons. The number of hydrogen-bond donors (Lipinski definition) is 1. The van der Waals surface area contributed by atoms with Gasteiger partial charge >= 0.3 is 0 Å². The van der Waals surface area contributed by atoms with E-state index in [-0.39, 0.29) is 0 Å². The van der Waals surface area contributed by atoms with E-state index in [4.69, 9.17) is 14.8 Å². The number of rotatable bonds is 2. The van der Waals surface area contributed by atoms with Crippen molar-refractivity contribution in [2.45, 2.75) is 26.4 Å². The number of aryl methyl sites for hydroxylation is 2. The summed E-state index contributed by atoms with van der Waals surface area (Å²) < 4.78 is 7.60. The van der Waals surface area contributed by atoms with Crippen molar-refractivity contribution in [2.24, 2.45) is 0 Å². The summed E-state index contributed by atoms with van der Waals surface area (Å²) in [6, 6.07) is 10.9. The number of nitrogens with zero attached hydrogens (tertiary/aromatic N) is 4. The molecule has 1 aromatic carbocycles. The molecule has 1 N–H and O–H groups in total. The molecule has 0 aliphatic carbocycles. The first-order chi connectivity index (χ1) is 13.3. The second-order valence-corrected chi connectivity index (χ2v) is 7.40. The summed E-state index contributed by atoms with van der Waals surface area (Å²) in [5, 5.41) is 9.48. The van der Waals surface area contributed by atoms with Crippen LogP contribution in [0.4, 0.5) is 5.69 Å².